The van der Waals surface area contributed by atoms with Crippen molar-refractivity contribution in [1.29, 1.82) is 0 Å². The zero-order valence-corrected chi connectivity index (χ0v) is 35.7. The van der Waals surface area contributed by atoms with Crippen LogP contribution in [0.25, 0.3) is 55.6 Å². The minimum atomic E-state index is -0.211. The smallest absolute Gasteiger partial charge is 0.0543 e. The van der Waals surface area contributed by atoms with Crippen molar-refractivity contribution in [2.45, 2.75) is 56.8 Å². The molecule has 0 aromatic heterocycles. The van der Waals surface area contributed by atoms with Gasteiger partial charge in [0.25, 0.3) is 0 Å². The predicted octanol–water partition coefficient (Wildman–Crippen LogP) is 16.2. The molecule has 1 spiro atoms. The van der Waals surface area contributed by atoms with E-state index in [9.17, 15) is 0 Å². The number of fused-ring (bicyclic) bond motifs is 6. The summed E-state index contributed by atoms with van der Waals surface area (Å²) in [7, 11) is 0. The maximum Gasteiger partial charge on any atom is 0.0543 e. The van der Waals surface area contributed by atoms with Crippen LogP contribution in [0.3, 0.4) is 0 Å². The van der Waals surface area contributed by atoms with Crippen molar-refractivity contribution < 1.29 is 0 Å². The first-order valence-corrected chi connectivity index (χ1v) is 23.1. The molecule has 14 rings (SSSR count). The summed E-state index contributed by atoms with van der Waals surface area (Å²) in [5.41, 5.74) is 22.7. The number of rotatable bonds is 6. The Morgan fingerprint density at radius 3 is 1.50 bits per heavy atom. The van der Waals surface area contributed by atoms with Crippen LogP contribution >= 0.6 is 0 Å². The zero-order valence-electron chi connectivity index (χ0n) is 35.7. The summed E-state index contributed by atoms with van der Waals surface area (Å²) in [4.78, 5) is 2.48. The Kier molecular flexibility index (Phi) is 7.91. The van der Waals surface area contributed by atoms with Crippen LogP contribution in [-0.2, 0) is 10.8 Å². The van der Waals surface area contributed by atoms with Gasteiger partial charge in [-0.2, -0.15) is 0 Å². The van der Waals surface area contributed by atoms with Crippen LogP contribution in [0.2, 0.25) is 0 Å². The Balaban J connectivity index is 0.958. The van der Waals surface area contributed by atoms with E-state index in [-0.39, 0.29) is 10.8 Å². The average molecular weight is 798 g/mol. The molecule has 0 atom stereocenters. The maximum absolute atomic E-state index is 2.60. The molecule has 4 fully saturated rings. The van der Waals surface area contributed by atoms with E-state index in [0.29, 0.717) is 0 Å². The van der Waals surface area contributed by atoms with Gasteiger partial charge in [0.05, 0.1) is 5.69 Å². The standard InChI is InChI=1S/C61H51N/c1-60(2)56-21-12-22-57(62(48-28-23-43(24-29-48)41-13-5-3-6-14-41)49-30-25-44(26-31-49)42-15-7-4-8-16-42)58(56)52-19-11-18-50(59(52)60)45-27-32-55-53(38-45)51-17-9-10-20-54(51)61(55)46-34-39-33-40(36-46)37-47(61)35-39/h3-32,38-40,46-47H,33-37H2,1-2H3. The monoisotopic (exact) mass is 797 g/mol. The molecule has 6 aliphatic rings. The quantitative estimate of drug-likeness (QED) is 0.162. The summed E-state index contributed by atoms with van der Waals surface area (Å²) in [6, 6.07) is 71.0. The van der Waals surface area contributed by atoms with Gasteiger partial charge in [0.15, 0.2) is 0 Å². The van der Waals surface area contributed by atoms with Crippen LogP contribution in [0.4, 0.5) is 17.1 Å². The van der Waals surface area contributed by atoms with Crippen molar-refractivity contribution in [2.24, 2.45) is 23.7 Å². The largest absolute Gasteiger partial charge is 0.310 e. The van der Waals surface area contributed by atoms with Crippen LogP contribution < -0.4 is 4.90 Å². The van der Waals surface area contributed by atoms with E-state index >= 15 is 0 Å². The normalized spacial score (nSPS) is 22.9. The summed E-state index contributed by atoms with van der Waals surface area (Å²) in [6.07, 6.45) is 7.13. The topological polar surface area (TPSA) is 3.24 Å². The van der Waals surface area contributed by atoms with Gasteiger partial charge in [0, 0.05) is 27.8 Å². The van der Waals surface area contributed by atoms with Gasteiger partial charge in [0.1, 0.15) is 0 Å². The van der Waals surface area contributed by atoms with Crippen LogP contribution in [0.1, 0.15) is 68.2 Å². The predicted molar refractivity (Wildman–Crippen MR) is 258 cm³/mol. The molecule has 8 aromatic rings. The Bertz CT molecular complexity index is 2920. The number of hydrogen-bond acceptors (Lipinski definition) is 1. The SMILES string of the molecule is CC1(C)c2cccc(N(c3ccc(-c4ccccc4)cc3)c3ccc(-c4ccccc4)cc3)c2-c2cccc(-c3ccc4c(c3)-c3ccccc3C43C4CC5CC(C4)CC3C5)c21. The number of anilines is 3. The van der Waals surface area contributed by atoms with Gasteiger partial charge in [-0.3, -0.25) is 0 Å². The fraction of sp³-hybridized carbons (Fsp3) is 0.213. The summed E-state index contributed by atoms with van der Waals surface area (Å²) in [5.74, 6) is 3.42. The van der Waals surface area contributed by atoms with Crippen molar-refractivity contribution in [3.05, 3.63) is 210 Å². The van der Waals surface area contributed by atoms with E-state index in [1.807, 2.05) is 0 Å². The Hall–Kier alpha value is -6.44. The molecule has 0 radical (unpaired) electrons. The molecule has 0 amide bonds. The molecule has 0 saturated heterocycles. The summed E-state index contributed by atoms with van der Waals surface area (Å²) in [6.45, 7) is 4.90. The van der Waals surface area contributed by atoms with Crippen molar-refractivity contribution in [3.8, 4) is 55.6 Å². The molecule has 300 valence electrons. The summed E-state index contributed by atoms with van der Waals surface area (Å²) in [5, 5.41) is 0. The zero-order chi connectivity index (χ0) is 41.2. The number of benzene rings is 8. The lowest BCUT2D eigenvalue weighted by Crippen LogP contribution is -2.55. The Morgan fingerprint density at radius 1 is 0.387 bits per heavy atom. The van der Waals surface area contributed by atoms with Crippen molar-refractivity contribution in [3.63, 3.8) is 0 Å². The molecule has 1 nitrogen and oxygen atoms in total. The number of nitrogens with zero attached hydrogens (tertiary/aromatic N) is 1. The fourth-order valence-electron chi connectivity index (χ4n) is 14.0. The highest BCUT2D eigenvalue weighted by atomic mass is 15.1. The van der Waals surface area contributed by atoms with Gasteiger partial charge in [-0.25, -0.2) is 0 Å². The Morgan fingerprint density at radius 2 is 0.871 bits per heavy atom. The summed E-state index contributed by atoms with van der Waals surface area (Å²) >= 11 is 0. The second-order valence-corrected chi connectivity index (χ2v) is 19.7. The first-order valence-electron chi connectivity index (χ1n) is 23.1. The van der Waals surface area contributed by atoms with Crippen LogP contribution in [0.5, 0.6) is 0 Å². The third-order valence-corrected chi connectivity index (χ3v) is 16.2. The highest BCUT2D eigenvalue weighted by Gasteiger charge is 2.61. The minimum Gasteiger partial charge on any atom is -0.310 e. The van der Waals surface area contributed by atoms with Crippen molar-refractivity contribution >= 4 is 17.1 Å². The second-order valence-electron chi connectivity index (χ2n) is 19.7. The summed E-state index contributed by atoms with van der Waals surface area (Å²) < 4.78 is 0. The van der Waals surface area contributed by atoms with Gasteiger partial charge in [-0.1, -0.05) is 166 Å². The van der Waals surface area contributed by atoms with Crippen LogP contribution in [-0.4, -0.2) is 0 Å². The molecule has 1 heteroatoms. The molecular formula is C61H51N. The molecular weight excluding hydrogens is 747 g/mol. The van der Waals surface area contributed by atoms with E-state index < -0.39 is 0 Å². The van der Waals surface area contributed by atoms with Gasteiger partial charge in [0.2, 0.25) is 0 Å². The third kappa shape index (κ3) is 5.15. The van der Waals surface area contributed by atoms with E-state index in [1.165, 1.54) is 105 Å². The van der Waals surface area contributed by atoms with Crippen molar-refractivity contribution in [2.75, 3.05) is 4.90 Å². The highest BCUT2D eigenvalue weighted by molar-refractivity contribution is 5.98. The lowest BCUT2D eigenvalue weighted by molar-refractivity contribution is -0.0399. The fourth-order valence-corrected chi connectivity index (χ4v) is 14.0. The second kappa shape index (κ2) is 13.5. The Labute approximate surface area is 366 Å². The average Bonchev–Trinajstić information content (AvgIpc) is 3.74. The minimum absolute atomic E-state index is 0.184. The van der Waals surface area contributed by atoms with Crippen molar-refractivity contribution in [1.82, 2.24) is 0 Å². The first-order chi connectivity index (χ1) is 30.5. The van der Waals surface area contributed by atoms with E-state index in [1.54, 1.807) is 11.1 Å². The maximum atomic E-state index is 2.60. The lowest BCUT2D eigenvalue weighted by atomic mass is 9.43. The highest BCUT2D eigenvalue weighted by Crippen LogP contribution is 2.69. The number of hydrogen-bond donors (Lipinski definition) is 0. The molecule has 8 aromatic carbocycles. The van der Waals surface area contributed by atoms with Crippen LogP contribution in [0.15, 0.2) is 188 Å². The van der Waals surface area contributed by atoms with E-state index in [2.05, 4.69) is 207 Å². The molecule has 4 bridgehead atoms. The molecule has 0 aliphatic heterocycles. The van der Waals surface area contributed by atoms with Gasteiger partial charge < -0.3 is 4.90 Å². The molecule has 0 unspecified atom stereocenters. The molecule has 62 heavy (non-hydrogen) atoms. The molecule has 4 saturated carbocycles. The molecule has 6 aliphatic carbocycles. The third-order valence-electron chi connectivity index (χ3n) is 16.2. The van der Waals surface area contributed by atoms with Gasteiger partial charge in [-0.05, 0) is 164 Å². The molecule has 0 heterocycles. The van der Waals surface area contributed by atoms with Gasteiger partial charge in [-0.15, -0.1) is 0 Å². The first kappa shape index (κ1) is 36.2. The van der Waals surface area contributed by atoms with Gasteiger partial charge >= 0.3 is 0 Å². The van der Waals surface area contributed by atoms with Crippen LogP contribution in [0, 0.1) is 23.7 Å². The molecule has 0 N–H and O–H groups in total. The lowest BCUT2D eigenvalue weighted by Gasteiger charge is -2.61. The van der Waals surface area contributed by atoms with E-state index in [4.69, 9.17) is 0 Å². The van der Waals surface area contributed by atoms with E-state index in [0.717, 1.165) is 35.0 Å².